The van der Waals surface area contributed by atoms with E-state index in [-0.39, 0.29) is 24.0 Å². The summed E-state index contributed by atoms with van der Waals surface area (Å²) in [6.07, 6.45) is 1.04. The summed E-state index contributed by atoms with van der Waals surface area (Å²) in [5.41, 5.74) is 2.02. The second-order valence-electron chi connectivity index (χ2n) is 6.70. The Kier molecular flexibility index (Phi) is 5.17. The molecule has 2 aliphatic heterocycles. The fourth-order valence-electron chi connectivity index (χ4n) is 3.81. The second-order valence-corrected chi connectivity index (χ2v) is 6.70. The average molecular weight is 366 g/mol. The summed E-state index contributed by atoms with van der Waals surface area (Å²) in [4.78, 5) is 31.7. The molecule has 25 heavy (non-hydrogen) atoms. The van der Waals surface area contributed by atoms with Crippen molar-refractivity contribution >= 4 is 29.3 Å². The summed E-state index contributed by atoms with van der Waals surface area (Å²) < 4.78 is 1.54. The Hall–Kier alpha value is -1.83. The SMILES string of the molecule is Cl.Cn1c(=O)[nH]c2ccc(C(=O)N3CCC(N4CCNCC4)C3)cc21. The van der Waals surface area contributed by atoms with Crippen LogP contribution in [0, 0.1) is 0 Å². The monoisotopic (exact) mass is 365 g/mol. The van der Waals surface area contributed by atoms with Gasteiger partial charge in [0, 0.05) is 57.9 Å². The Morgan fingerprint density at radius 2 is 1.96 bits per heavy atom. The lowest BCUT2D eigenvalue weighted by Gasteiger charge is -2.32. The van der Waals surface area contributed by atoms with Crippen LogP contribution in [0.1, 0.15) is 16.8 Å². The molecule has 7 nitrogen and oxygen atoms in total. The molecule has 0 spiro atoms. The van der Waals surface area contributed by atoms with Gasteiger partial charge in [-0.05, 0) is 24.6 Å². The number of amides is 1. The first-order valence-electron chi connectivity index (χ1n) is 8.56. The second kappa shape index (κ2) is 7.19. The zero-order chi connectivity index (χ0) is 16.7. The van der Waals surface area contributed by atoms with Crippen LogP contribution in [0.15, 0.2) is 23.0 Å². The highest BCUT2D eigenvalue weighted by atomic mass is 35.5. The quantitative estimate of drug-likeness (QED) is 0.808. The molecule has 2 saturated heterocycles. The number of carbonyl (C=O) groups excluding carboxylic acids is 1. The van der Waals surface area contributed by atoms with Gasteiger partial charge in [-0.15, -0.1) is 12.4 Å². The van der Waals surface area contributed by atoms with Gasteiger partial charge >= 0.3 is 5.69 Å². The molecule has 2 fully saturated rings. The van der Waals surface area contributed by atoms with E-state index < -0.39 is 0 Å². The van der Waals surface area contributed by atoms with Crippen molar-refractivity contribution in [3.63, 3.8) is 0 Å². The maximum atomic E-state index is 12.8. The molecule has 2 aliphatic rings. The predicted molar refractivity (Wildman–Crippen MR) is 99.5 cm³/mol. The molecular formula is C17H24ClN5O2. The lowest BCUT2D eigenvalue weighted by molar-refractivity contribution is 0.0773. The van der Waals surface area contributed by atoms with E-state index >= 15 is 0 Å². The van der Waals surface area contributed by atoms with E-state index in [2.05, 4.69) is 15.2 Å². The van der Waals surface area contributed by atoms with E-state index in [0.717, 1.165) is 56.7 Å². The minimum atomic E-state index is -0.158. The Morgan fingerprint density at radius 3 is 2.72 bits per heavy atom. The van der Waals surface area contributed by atoms with Crippen molar-refractivity contribution in [1.82, 2.24) is 24.7 Å². The number of H-pyrrole nitrogens is 1. The highest BCUT2D eigenvalue weighted by Gasteiger charge is 2.31. The number of aryl methyl sites for hydroxylation is 1. The first kappa shape index (κ1) is 18.0. The number of aromatic amines is 1. The van der Waals surface area contributed by atoms with E-state index in [9.17, 15) is 9.59 Å². The number of rotatable bonds is 2. The number of fused-ring (bicyclic) bond motifs is 1. The number of likely N-dealkylation sites (tertiary alicyclic amines) is 1. The Morgan fingerprint density at radius 1 is 1.20 bits per heavy atom. The number of nitrogens with one attached hydrogen (secondary N) is 2. The van der Waals surface area contributed by atoms with E-state index in [1.54, 1.807) is 17.7 Å². The number of benzene rings is 1. The van der Waals surface area contributed by atoms with Gasteiger partial charge in [0.1, 0.15) is 0 Å². The smallest absolute Gasteiger partial charge is 0.326 e. The van der Waals surface area contributed by atoms with E-state index in [0.29, 0.717) is 11.6 Å². The van der Waals surface area contributed by atoms with Crippen molar-refractivity contribution < 1.29 is 4.79 Å². The molecule has 2 aromatic rings. The fraction of sp³-hybridized carbons (Fsp3) is 0.529. The number of hydrogen-bond donors (Lipinski definition) is 2. The molecule has 3 heterocycles. The topological polar surface area (TPSA) is 73.4 Å². The number of piperazine rings is 1. The van der Waals surface area contributed by atoms with Crippen molar-refractivity contribution in [3.8, 4) is 0 Å². The summed E-state index contributed by atoms with van der Waals surface area (Å²) in [5.74, 6) is 0.0585. The van der Waals surface area contributed by atoms with Crippen LogP contribution in [0.25, 0.3) is 11.0 Å². The molecule has 1 unspecified atom stereocenters. The summed E-state index contributed by atoms with van der Waals surface area (Å²) in [7, 11) is 1.71. The Bertz CT molecular complexity index is 824. The number of aromatic nitrogens is 2. The maximum Gasteiger partial charge on any atom is 0.326 e. The van der Waals surface area contributed by atoms with E-state index in [1.165, 1.54) is 0 Å². The van der Waals surface area contributed by atoms with Crippen LogP contribution in [0.3, 0.4) is 0 Å². The van der Waals surface area contributed by atoms with Gasteiger partial charge in [0.15, 0.2) is 0 Å². The van der Waals surface area contributed by atoms with Gasteiger partial charge in [-0.2, -0.15) is 0 Å². The summed E-state index contributed by atoms with van der Waals surface area (Å²) >= 11 is 0. The maximum absolute atomic E-state index is 12.8. The number of hydrogen-bond acceptors (Lipinski definition) is 4. The van der Waals surface area contributed by atoms with Gasteiger partial charge in [-0.25, -0.2) is 4.79 Å². The first-order chi connectivity index (χ1) is 11.6. The van der Waals surface area contributed by atoms with Gasteiger partial charge in [0.2, 0.25) is 0 Å². The van der Waals surface area contributed by atoms with E-state index in [1.807, 2.05) is 17.0 Å². The average Bonchev–Trinajstić information content (AvgIpc) is 3.21. The van der Waals surface area contributed by atoms with Crippen LogP contribution in [-0.4, -0.2) is 70.6 Å². The minimum Gasteiger partial charge on any atom is -0.337 e. The van der Waals surface area contributed by atoms with Crippen LogP contribution < -0.4 is 11.0 Å². The molecule has 0 aliphatic carbocycles. The Labute approximate surface area is 152 Å². The van der Waals surface area contributed by atoms with Crippen LogP contribution in [-0.2, 0) is 7.05 Å². The standard InChI is InChI=1S/C17H23N5O2.ClH/c1-20-15-10-12(2-3-14(15)19-17(20)24)16(23)22-7-4-13(11-22)21-8-5-18-6-9-21;/h2-3,10,13,18H,4-9,11H2,1H3,(H,19,24);1H. The molecule has 136 valence electrons. The highest BCUT2D eigenvalue weighted by Crippen LogP contribution is 2.20. The van der Waals surface area contributed by atoms with Gasteiger partial charge in [0.05, 0.1) is 11.0 Å². The number of nitrogens with zero attached hydrogens (tertiary/aromatic N) is 3. The third kappa shape index (κ3) is 3.31. The zero-order valence-corrected chi connectivity index (χ0v) is 15.1. The van der Waals surface area contributed by atoms with E-state index in [4.69, 9.17) is 0 Å². The lowest BCUT2D eigenvalue weighted by Crippen LogP contribution is -2.49. The normalized spacial score (nSPS) is 21.5. The molecule has 4 rings (SSSR count). The molecule has 1 aromatic heterocycles. The molecule has 1 aromatic carbocycles. The van der Waals surface area contributed by atoms with Crippen molar-refractivity contribution in [1.29, 1.82) is 0 Å². The minimum absolute atomic E-state index is 0. The summed E-state index contributed by atoms with van der Waals surface area (Å²) in [5, 5.41) is 3.37. The van der Waals surface area contributed by atoms with Crippen LogP contribution in [0.2, 0.25) is 0 Å². The van der Waals surface area contributed by atoms with Gasteiger partial charge < -0.3 is 15.2 Å². The molecule has 1 atom stereocenters. The number of halogens is 1. The van der Waals surface area contributed by atoms with Crippen molar-refractivity contribution in [2.45, 2.75) is 12.5 Å². The molecule has 1 amide bonds. The van der Waals surface area contributed by atoms with Crippen molar-refractivity contribution in [2.75, 3.05) is 39.3 Å². The van der Waals surface area contributed by atoms with Gasteiger partial charge in [-0.1, -0.05) is 0 Å². The number of imidazole rings is 1. The highest BCUT2D eigenvalue weighted by molar-refractivity contribution is 5.97. The zero-order valence-electron chi connectivity index (χ0n) is 14.3. The third-order valence-corrected chi connectivity index (χ3v) is 5.27. The van der Waals surface area contributed by atoms with Crippen LogP contribution in [0.4, 0.5) is 0 Å². The van der Waals surface area contributed by atoms with Gasteiger partial charge in [0.25, 0.3) is 5.91 Å². The summed E-state index contributed by atoms with van der Waals surface area (Å²) in [6.45, 7) is 5.78. The molecule has 8 heteroatoms. The predicted octanol–water partition coefficient (Wildman–Crippen LogP) is 0.408. The summed E-state index contributed by atoms with van der Waals surface area (Å²) in [6, 6.07) is 5.90. The molecule has 0 bridgehead atoms. The molecule has 2 N–H and O–H groups in total. The van der Waals surface area contributed by atoms with Crippen molar-refractivity contribution in [3.05, 3.63) is 34.2 Å². The first-order valence-corrected chi connectivity index (χ1v) is 8.56. The van der Waals surface area contributed by atoms with Crippen LogP contribution >= 0.6 is 12.4 Å². The van der Waals surface area contributed by atoms with Crippen LogP contribution in [0.5, 0.6) is 0 Å². The number of carbonyl (C=O) groups is 1. The van der Waals surface area contributed by atoms with Crippen molar-refractivity contribution in [2.24, 2.45) is 7.05 Å². The third-order valence-electron chi connectivity index (χ3n) is 5.27. The Balaban J connectivity index is 0.00000182. The molecule has 0 radical (unpaired) electrons. The fourth-order valence-corrected chi connectivity index (χ4v) is 3.81. The largest absolute Gasteiger partial charge is 0.337 e. The van der Waals surface area contributed by atoms with Gasteiger partial charge in [-0.3, -0.25) is 14.3 Å². The molecular weight excluding hydrogens is 342 g/mol. The lowest BCUT2D eigenvalue weighted by atomic mass is 10.1. The molecule has 0 saturated carbocycles.